The Labute approximate surface area is 150 Å². The van der Waals surface area contributed by atoms with Crippen molar-refractivity contribution < 1.29 is 4.74 Å². The molecule has 1 atom stereocenters. The molecule has 4 rings (SSSR count). The molecule has 1 aromatic heterocycles. The van der Waals surface area contributed by atoms with Crippen LogP contribution in [0.15, 0.2) is 18.2 Å². The van der Waals surface area contributed by atoms with Gasteiger partial charge in [-0.05, 0) is 70.5 Å². The maximum Gasteiger partial charge on any atom is 0.156 e. The Morgan fingerprint density at radius 2 is 1.92 bits per heavy atom. The van der Waals surface area contributed by atoms with Crippen molar-refractivity contribution in [1.29, 1.82) is 0 Å². The number of hydrogen-bond acceptors (Lipinski definition) is 4. The van der Waals surface area contributed by atoms with Gasteiger partial charge in [0.15, 0.2) is 5.82 Å². The van der Waals surface area contributed by atoms with Crippen LogP contribution in [0.2, 0.25) is 0 Å². The second-order valence-electron chi connectivity index (χ2n) is 7.85. The van der Waals surface area contributed by atoms with Gasteiger partial charge in [-0.3, -0.25) is 0 Å². The molecule has 1 aliphatic heterocycles. The van der Waals surface area contributed by atoms with E-state index < -0.39 is 0 Å². The number of benzene rings is 1. The first-order chi connectivity index (χ1) is 12.0. The van der Waals surface area contributed by atoms with E-state index in [2.05, 4.69) is 55.7 Å². The first kappa shape index (κ1) is 16.7. The normalized spacial score (nSPS) is 26.2. The summed E-state index contributed by atoms with van der Waals surface area (Å²) in [5, 5.41) is 4.92. The molecule has 2 aromatic rings. The zero-order valence-electron chi connectivity index (χ0n) is 15.7. The molecule has 0 amide bonds. The molecule has 0 bridgehead atoms. The number of aryl methyl sites for hydroxylation is 2. The van der Waals surface area contributed by atoms with Gasteiger partial charge in [0.1, 0.15) is 5.82 Å². The molecule has 2 aliphatic rings. The maximum absolute atomic E-state index is 5.55. The summed E-state index contributed by atoms with van der Waals surface area (Å²) in [4.78, 5) is 7.31. The lowest BCUT2D eigenvalue weighted by Gasteiger charge is -2.39. The van der Waals surface area contributed by atoms with Crippen LogP contribution in [-0.4, -0.2) is 53.0 Å². The molecule has 2 fully saturated rings. The van der Waals surface area contributed by atoms with Crippen LogP contribution in [0.4, 0.5) is 0 Å². The lowest BCUT2D eigenvalue weighted by Crippen LogP contribution is -2.40. The predicted octanol–water partition coefficient (Wildman–Crippen LogP) is 3.20. The first-order valence-electron chi connectivity index (χ1n) is 9.31. The van der Waals surface area contributed by atoms with Gasteiger partial charge in [0.25, 0.3) is 0 Å². The Morgan fingerprint density at radius 1 is 1.12 bits per heavy atom. The van der Waals surface area contributed by atoms with Crippen molar-refractivity contribution in [3.05, 3.63) is 41.0 Å². The molecule has 0 radical (unpaired) electrons. The number of aromatic nitrogens is 3. The molecule has 1 unspecified atom stereocenters. The zero-order chi connectivity index (χ0) is 17.6. The van der Waals surface area contributed by atoms with Gasteiger partial charge in [-0.2, -0.15) is 5.10 Å². The predicted molar refractivity (Wildman–Crippen MR) is 98.5 cm³/mol. The second kappa shape index (κ2) is 6.54. The van der Waals surface area contributed by atoms with E-state index in [4.69, 9.17) is 14.8 Å². The molecular weight excluding hydrogens is 312 g/mol. The second-order valence-corrected chi connectivity index (χ2v) is 7.85. The summed E-state index contributed by atoms with van der Waals surface area (Å²) in [6.45, 7) is 5.88. The van der Waals surface area contributed by atoms with Gasteiger partial charge in [-0.15, -0.1) is 0 Å². The minimum Gasteiger partial charge on any atom is -0.381 e. The summed E-state index contributed by atoms with van der Waals surface area (Å²) in [5.41, 5.74) is 3.74. The van der Waals surface area contributed by atoms with E-state index in [9.17, 15) is 0 Å². The highest BCUT2D eigenvalue weighted by atomic mass is 16.5. The first-order valence-corrected chi connectivity index (χ1v) is 9.31. The Kier molecular flexibility index (Phi) is 4.38. The van der Waals surface area contributed by atoms with Crippen LogP contribution in [0.25, 0.3) is 5.69 Å². The van der Waals surface area contributed by atoms with Crippen molar-refractivity contribution in [2.24, 2.45) is 0 Å². The molecule has 1 aromatic carbocycles. The summed E-state index contributed by atoms with van der Waals surface area (Å²) >= 11 is 0. The van der Waals surface area contributed by atoms with E-state index in [1.54, 1.807) is 0 Å². The third-order valence-electron chi connectivity index (χ3n) is 5.89. The van der Waals surface area contributed by atoms with Gasteiger partial charge in [0.05, 0.1) is 12.3 Å². The van der Waals surface area contributed by atoms with Crippen molar-refractivity contribution in [2.45, 2.75) is 51.0 Å². The highest BCUT2D eigenvalue weighted by molar-refractivity contribution is 5.40. The Balaban J connectivity index is 1.69. The maximum atomic E-state index is 5.55. The summed E-state index contributed by atoms with van der Waals surface area (Å²) in [6, 6.07) is 7.23. The molecular formula is C20H28N4O. The highest BCUT2D eigenvalue weighted by Crippen LogP contribution is 2.39. The van der Waals surface area contributed by atoms with E-state index in [-0.39, 0.29) is 0 Å². The van der Waals surface area contributed by atoms with E-state index >= 15 is 0 Å². The van der Waals surface area contributed by atoms with Crippen LogP contribution in [-0.2, 0) is 4.74 Å². The molecule has 5 nitrogen and oxygen atoms in total. The number of ether oxygens (including phenoxy) is 1. The van der Waals surface area contributed by atoms with Gasteiger partial charge >= 0.3 is 0 Å². The van der Waals surface area contributed by atoms with Gasteiger partial charge in [-0.1, -0.05) is 6.07 Å². The molecule has 1 aliphatic carbocycles. The molecule has 0 N–H and O–H groups in total. The molecule has 1 saturated carbocycles. The van der Waals surface area contributed by atoms with E-state index in [1.807, 2.05) is 0 Å². The topological polar surface area (TPSA) is 43.2 Å². The summed E-state index contributed by atoms with van der Waals surface area (Å²) in [5.74, 6) is 2.93. The van der Waals surface area contributed by atoms with Crippen molar-refractivity contribution in [3.8, 4) is 5.69 Å². The monoisotopic (exact) mass is 340 g/mol. The number of nitrogens with zero attached hydrogens (tertiary/aromatic N) is 4. The third-order valence-corrected chi connectivity index (χ3v) is 5.89. The largest absolute Gasteiger partial charge is 0.381 e. The van der Waals surface area contributed by atoms with Crippen LogP contribution >= 0.6 is 0 Å². The number of hydrogen-bond donors (Lipinski definition) is 0. The molecule has 0 spiro atoms. The Bertz CT molecular complexity index is 755. The molecule has 1 saturated heterocycles. The fourth-order valence-corrected chi connectivity index (χ4v) is 3.78. The van der Waals surface area contributed by atoms with Crippen LogP contribution in [0, 0.1) is 13.8 Å². The number of rotatable bonds is 4. The van der Waals surface area contributed by atoms with Gasteiger partial charge in [0.2, 0.25) is 0 Å². The Hall–Kier alpha value is -1.72. The average molecular weight is 340 g/mol. The van der Waals surface area contributed by atoms with E-state index in [0.717, 1.165) is 49.8 Å². The minimum absolute atomic E-state index is 0.344. The van der Waals surface area contributed by atoms with Crippen molar-refractivity contribution >= 4 is 0 Å². The SMILES string of the molecule is Cc1ccc(-n2nc(C3CCOC3)nc2C2CC(N(C)C)C2)cc1C. The van der Waals surface area contributed by atoms with Crippen molar-refractivity contribution in [1.82, 2.24) is 19.7 Å². The smallest absolute Gasteiger partial charge is 0.156 e. The van der Waals surface area contributed by atoms with Gasteiger partial charge < -0.3 is 9.64 Å². The van der Waals surface area contributed by atoms with Crippen molar-refractivity contribution in [2.75, 3.05) is 27.3 Å². The van der Waals surface area contributed by atoms with Gasteiger partial charge in [0, 0.05) is 24.5 Å². The fourth-order valence-electron chi connectivity index (χ4n) is 3.78. The summed E-state index contributed by atoms with van der Waals surface area (Å²) in [7, 11) is 4.33. The average Bonchev–Trinajstić information content (AvgIpc) is 3.17. The minimum atomic E-state index is 0.344. The quantitative estimate of drug-likeness (QED) is 0.857. The molecule has 25 heavy (non-hydrogen) atoms. The van der Waals surface area contributed by atoms with Crippen LogP contribution in [0.3, 0.4) is 0 Å². The van der Waals surface area contributed by atoms with Gasteiger partial charge in [-0.25, -0.2) is 9.67 Å². The molecule has 134 valence electrons. The van der Waals surface area contributed by atoms with Crippen LogP contribution < -0.4 is 0 Å². The lowest BCUT2D eigenvalue weighted by atomic mass is 9.79. The van der Waals surface area contributed by atoms with Crippen LogP contribution in [0.1, 0.15) is 53.9 Å². The zero-order valence-corrected chi connectivity index (χ0v) is 15.7. The molecule has 2 heterocycles. The van der Waals surface area contributed by atoms with E-state index in [1.165, 1.54) is 11.1 Å². The highest BCUT2D eigenvalue weighted by Gasteiger charge is 2.36. The van der Waals surface area contributed by atoms with E-state index in [0.29, 0.717) is 17.9 Å². The summed E-state index contributed by atoms with van der Waals surface area (Å²) in [6.07, 6.45) is 3.36. The standard InChI is InChI=1S/C20H28N4O/c1-13-5-6-17(9-14(13)2)24-20(16-10-18(11-16)23(3)4)21-19(22-24)15-7-8-25-12-15/h5-6,9,15-16,18H,7-8,10-12H2,1-4H3. The van der Waals surface area contributed by atoms with Crippen molar-refractivity contribution in [3.63, 3.8) is 0 Å². The lowest BCUT2D eigenvalue weighted by molar-refractivity contribution is 0.160. The Morgan fingerprint density at radius 3 is 2.56 bits per heavy atom. The summed E-state index contributed by atoms with van der Waals surface area (Å²) < 4.78 is 7.65. The third kappa shape index (κ3) is 3.11. The molecule has 5 heteroatoms. The van der Waals surface area contributed by atoms with Crippen LogP contribution in [0.5, 0.6) is 0 Å². The fraction of sp³-hybridized carbons (Fsp3) is 0.600.